The number of thiophene rings is 1. The summed E-state index contributed by atoms with van der Waals surface area (Å²) in [5.41, 5.74) is 1.26. The van der Waals surface area contributed by atoms with Gasteiger partial charge in [-0.1, -0.05) is 37.3 Å². The van der Waals surface area contributed by atoms with Crippen molar-refractivity contribution in [2.45, 2.75) is 27.3 Å². The van der Waals surface area contributed by atoms with Crippen molar-refractivity contribution in [3.05, 3.63) is 68.8 Å². The van der Waals surface area contributed by atoms with Gasteiger partial charge in [-0.05, 0) is 31.2 Å². The first-order valence-corrected chi connectivity index (χ1v) is 9.83. The van der Waals surface area contributed by atoms with Crippen LogP contribution in [0.3, 0.4) is 0 Å². The highest BCUT2D eigenvalue weighted by molar-refractivity contribution is 7.12. The van der Waals surface area contributed by atoms with Gasteiger partial charge >= 0.3 is 0 Å². The summed E-state index contributed by atoms with van der Waals surface area (Å²) >= 11 is 1.59. The highest BCUT2D eigenvalue weighted by atomic mass is 32.1. The van der Waals surface area contributed by atoms with Gasteiger partial charge in [0.05, 0.1) is 16.3 Å². The van der Waals surface area contributed by atoms with E-state index in [9.17, 15) is 4.79 Å². The normalized spacial score (nSPS) is 13.6. The molecule has 0 bridgehead atoms. The predicted octanol–water partition coefficient (Wildman–Crippen LogP) is 3.48. The van der Waals surface area contributed by atoms with E-state index >= 15 is 0 Å². The van der Waals surface area contributed by atoms with Crippen molar-refractivity contribution >= 4 is 23.0 Å². The van der Waals surface area contributed by atoms with Crippen LogP contribution in [-0.2, 0) is 6.54 Å². The molecule has 1 atom stereocenters. The highest BCUT2D eigenvalue weighted by Crippen LogP contribution is 2.11. The zero-order valence-electron chi connectivity index (χ0n) is 16.3. The van der Waals surface area contributed by atoms with Crippen LogP contribution >= 0.6 is 11.3 Å². The van der Waals surface area contributed by atoms with Gasteiger partial charge in [-0.25, -0.2) is 4.98 Å². The minimum Gasteiger partial charge on any atom is -0.357 e. The number of nitrogens with one attached hydrogen (secondary N) is 2. The molecule has 0 amide bonds. The van der Waals surface area contributed by atoms with E-state index < -0.39 is 0 Å². The first kappa shape index (κ1) is 20.8. The molecule has 0 radical (unpaired) electrons. The fourth-order valence-electron chi connectivity index (χ4n) is 2.42. The molecule has 0 aliphatic heterocycles. The Morgan fingerprint density at radius 3 is 2.93 bits per heavy atom. The van der Waals surface area contributed by atoms with Crippen LogP contribution in [0.1, 0.15) is 31.3 Å². The highest BCUT2D eigenvalue weighted by Gasteiger charge is 2.09. The number of allylic oxidation sites excluding steroid dienone is 3. The van der Waals surface area contributed by atoms with E-state index in [0.717, 1.165) is 17.1 Å². The van der Waals surface area contributed by atoms with E-state index in [0.29, 0.717) is 24.1 Å². The number of rotatable bonds is 9. The Bertz CT molecular complexity index is 865. The number of nitrogens with zero attached hydrogens (tertiary/aromatic N) is 3. The van der Waals surface area contributed by atoms with Crippen LogP contribution in [0.15, 0.2) is 57.8 Å². The van der Waals surface area contributed by atoms with E-state index in [1.807, 2.05) is 49.6 Å². The summed E-state index contributed by atoms with van der Waals surface area (Å²) in [6.45, 7) is 7.35. The molecule has 2 aromatic heterocycles. The molecular weight excluding hydrogens is 358 g/mol. The smallest absolute Gasteiger partial charge is 0.275 e. The number of hydrogen-bond donors (Lipinski definition) is 2. The molecule has 0 fully saturated rings. The molecule has 0 aliphatic rings. The van der Waals surface area contributed by atoms with Gasteiger partial charge in [-0.3, -0.25) is 4.79 Å². The second-order valence-electron chi connectivity index (χ2n) is 6.15. The summed E-state index contributed by atoms with van der Waals surface area (Å²) in [6, 6.07) is 5.47. The van der Waals surface area contributed by atoms with E-state index in [1.54, 1.807) is 18.4 Å². The summed E-state index contributed by atoms with van der Waals surface area (Å²) in [5.74, 6) is 0.819. The third kappa shape index (κ3) is 6.30. The molecule has 0 saturated carbocycles. The molecule has 0 spiro atoms. The Balaban J connectivity index is 2.09. The Labute approximate surface area is 164 Å². The lowest BCUT2D eigenvalue weighted by Gasteiger charge is -2.11. The fourth-order valence-corrected chi connectivity index (χ4v) is 3.09. The van der Waals surface area contributed by atoms with Crippen molar-refractivity contribution in [3.8, 4) is 0 Å². The van der Waals surface area contributed by atoms with Gasteiger partial charge in [-0.15, -0.1) is 11.3 Å². The molecule has 7 heteroatoms. The molecule has 0 saturated heterocycles. The summed E-state index contributed by atoms with van der Waals surface area (Å²) in [4.78, 5) is 18.1. The Kier molecular flexibility index (Phi) is 8.16. The zero-order valence-corrected chi connectivity index (χ0v) is 17.1. The summed E-state index contributed by atoms with van der Waals surface area (Å²) in [5, 5.41) is 12.7. The Morgan fingerprint density at radius 1 is 1.44 bits per heavy atom. The number of anilines is 1. The predicted molar refractivity (Wildman–Crippen MR) is 115 cm³/mol. The van der Waals surface area contributed by atoms with Crippen LogP contribution in [0.5, 0.6) is 0 Å². The lowest BCUT2D eigenvalue weighted by Crippen LogP contribution is -2.26. The summed E-state index contributed by atoms with van der Waals surface area (Å²) in [6.07, 6.45) is 8.19. The van der Waals surface area contributed by atoms with Crippen molar-refractivity contribution in [2.75, 3.05) is 18.9 Å². The first-order valence-electron chi connectivity index (χ1n) is 8.95. The van der Waals surface area contributed by atoms with E-state index in [-0.39, 0.29) is 5.56 Å². The van der Waals surface area contributed by atoms with Crippen LogP contribution in [0.4, 0.5) is 5.95 Å². The fraction of sp³-hybridized carbons (Fsp3) is 0.350. The molecule has 2 N–H and O–H groups in total. The topological polar surface area (TPSA) is 71.3 Å². The number of aromatic nitrogens is 2. The molecule has 0 aromatic carbocycles. The van der Waals surface area contributed by atoms with Crippen molar-refractivity contribution in [1.29, 1.82) is 0 Å². The molecule has 6 nitrogen and oxygen atoms in total. The average Bonchev–Trinajstić information content (AvgIpc) is 3.18. The standard InChI is InChI=1S/C20H27N5OS/c1-5-6-7-9-15(2)13-22-14-17-12-19(26)25(20(21-4)23-17)24-16(3)18-10-8-11-27-18/h5-12,15,22H,13-14H2,1-4H3,(H,21,23)/b6-5-,9-7-,24-16+. The van der Waals surface area contributed by atoms with Crippen molar-refractivity contribution in [1.82, 2.24) is 15.0 Å². The summed E-state index contributed by atoms with van der Waals surface area (Å²) < 4.78 is 1.31. The van der Waals surface area contributed by atoms with Gasteiger partial charge in [-0.2, -0.15) is 9.78 Å². The molecular formula is C20H27N5OS. The van der Waals surface area contributed by atoms with E-state index in [2.05, 4.69) is 33.7 Å². The third-order valence-electron chi connectivity index (χ3n) is 3.82. The van der Waals surface area contributed by atoms with Gasteiger partial charge in [0, 0.05) is 26.2 Å². The maximum absolute atomic E-state index is 12.5. The first-order chi connectivity index (χ1) is 13.0. The minimum atomic E-state index is -0.205. The second-order valence-corrected chi connectivity index (χ2v) is 7.10. The average molecular weight is 386 g/mol. The Morgan fingerprint density at radius 2 is 2.26 bits per heavy atom. The van der Waals surface area contributed by atoms with Crippen LogP contribution < -0.4 is 16.2 Å². The zero-order chi connectivity index (χ0) is 19.6. The molecule has 1 unspecified atom stereocenters. The minimum absolute atomic E-state index is 0.205. The Hall–Kier alpha value is -2.51. The molecule has 2 rings (SSSR count). The lowest BCUT2D eigenvalue weighted by atomic mass is 10.1. The molecule has 27 heavy (non-hydrogen) atoms. The van der Waals surface area contributed by atoms with Crippen molar-refractivity contribution < 1.29 is 0 Å². The maximum Gasteiger partial charge on any atom is 0.275 e. The quantitative estimate of drug-likeness (QED) is 0.512. The van der Waals surface area contributed by atoms with Gasteiger partial charge < -0.3 is 10.6 Å². The van der Waals surface area contributed by atoms with Crippen LogP contribution in [0.25, 0.3) is 0 Å². The number of hydrogen-bond acceptors (Lipinski definition) is 6. The van der Waals surface area contributed by atoms with E-state index in [1.165, 1.54) is 10.7 Å². The van der Waals surface area contributed by atoms with Crippen LogP contribution in [0.2, 0.25) is 0 Å². The van der Waals surface area contributed by atoms with Crippen molar-refractivity contribution in [2.24, 2.45) is 11.0 Å². The second kappa shape index (κ2) is 10.6. The third-order valence-corrected chi connectivity index (χ3v) is 4.79. The largest absolute Gasteiger partial charge is 0.357 e. The van der Waals surface area contributed by atoms with Crippen LogP contribution in [0, 0.1) is 5.92 Å². The van der Waals surface area contributed by atoms with Gasteiger partial charge in [0.25, 0.3) is 5.56 Å². The maximum atomic E-state index is 12.5. The molecule has 144 valence electrons. The molecule has 0 aliphatic carbocycles. The lowest BCUT2D eigenvalue weighted by molar-refractivity contribution is 0.585. The van der Waals surface area contributed by atoms with Crippen LogP contribution in [-0.4, -0.2) is 29.0 Å². The van der Waals surface area contributed by atoms with Gasteiger partial charge in [0.15, 0.2) is 0 Å². The van der Waals surface area contributed by atoms with Gasteiger partial charge in [0.1, 0.15) is 0 Å². The SMILES string of the molecule is C/C=C\C=C/C(C)CNCc1cc(=O)n(/N=C(\C)c2cccs2)c(NC)n1. The van der Waals surface area contributed by atoms with Crippen molar-refractivity contribution in [3.63, 3.8) is 0 Å². The van der Waals surface area contributed by atoms with E-state index in [4.69, 9.17) is 0 Å². The summed E-state index contributed by atoms with van der Waals surface area (Å²) in [7, 11) is 1.74. The molecule has 2 heterocycles. The van der Waals surface area contributed by atoms with Gasteiger partial charge in [0.2, 0.25) is 5.95 Å². The molecule has 2 aromatic rings. The monoisotopic (exact) mass is 385 g/mol.